The minimum Gasteiger partial charge on any atom is -0.486 e. The second-order valence-electron chi connectivity index (χ2n) is 6.60. The Bertz CT molecular complexity index is 1140. The van der Waals surface area contributed by atoms with Crippen LogP contribution in [0.4, 0.5) is 24.5 Å². The zero-order valence-electron chi connectivity index (χ0n) is 17.2. The maximum absolute atomic E-state index is 12.8. The summed E-state index contributed by atoms with van der Waals surface area (Å²) in [4.78, 5) is 22.3. The molecule has 0 spiro atoms. The second-order valence-corrected chi connectivity index (χ2v) is 7.54. The molecule has 1 N–H and O–H groups in total. The normalized spacial score (nSPS) is 11.3. The number of thioether (sulfide) groups is 1. The molecule has 0 saturated heterocycles. The third-order valence-corrected chi connectivity index (χ3v) is 5.30. The molecule has 0 radical (unpaired) electrons. The molecule has 3 aromatic rings. The van der Waals surface area contributed by atoms with Crippen molar-refractivity contribution in [1.82, 2.24) is 14.8 Å². The van der Waals surface area contributed by atoms with E-state index in [2.05, 4.69) is 15.5 Å². The van der Waals surface area contributed by atoms with E-state index < -0.39 is 16.7 Å². The van der Waals surface area contributed by atoms with Crippen molar-refractivity contribution in [1.29, 1.82) is 0 Å². The van der Waals surface area contributed by atoms with E-state index in [1.54, 1.807) is 4.57 Å². The number of benzene rings is 2. The molecule has 0 unspecified atom stereocenters. The molecule has 0 saturated carbocycles. The lowest BCUT2D eigenvalue weighted by Gasteiger charge is -2.11. The average molecular weight is 481 g/mol. The lowest BCUT2D eigenvalue weighted by atomic mass is 10.2. The fourth-order valence-corrected chi connectivity index (χ4v) is 3.58. The Morgan fingerprint density at radius 2 is 1.94 bits per heavy atom. The van der Waals surface area contributed by atoms with E-state index in [4.69, 9.17) is 4.74 Å². The van der Waals surface area contributed by atoms with E-state index in [0.29, 0.717) is 23.2 Å². The zero-order valence-corrected chi connectivity index (χ0v) is 18.0. The number of nitrogens with zero attached hydrogens (tertiary/aromatic N) is 4. The summed E-state index contributed by atoms with van der Waals surface area (Å²) in [5.41, 5.74) is -0.483. The molecule has 1 amide bonds. The molecule has 0 atom stereocenters. The zero-order chi connectivity index (χ0) is 24.0. The highest BCUT2D eigenvalue weighted by molar-refractivity contribution is 7.99. The van der Waals surface area contributed by atoms with Crippen molar-refractivity contribution in [2.24, 2.45) is 0 Å². The summed E-state index contributed by atoms with van der Waals surface area (Å²) >= 11 is 1.12. The lowest BCUT2D eigenvalue weighted by molar-refractivity contribution is -0.384. The van der Waals surface area contributed by atoms with Crippen molar-refractivity contribution < 1.29 is 27.6 Å². The van der Waals surface area contributed by atoms with E-state index in [1.807, 2.05) is 6.92 Å². The van der Waals surface area contributed by atoms with Crippen LogP contribution >= 0.6 is 11.8 Å². The van der Waals surface area contributed by atoms with Gasteiger partial charge in [0.25, 0.3) is 5.69 Å². The summed E-state index contributed by atoms with van der Waals surface area (Å²) in [6.07, 6.45) is -4.47. The first kappa shape index (κ1) is 24.0. The first-order valence-corrected chi connectivity index (χ1v) is 10.5. The highest BCUT2D eigenvalue weighted by atomic mass is 32.2. The van der Waals surface area contributed by atoms with Crippen LogP contribution in [-0.2, 0) is 24.1 Å². The van der Waals surface area contributed by atoms with E-state index in [-0.39, 0.29) is 29.7 Å². The van der Waals surface area contributed by atoms with E-state index >= 15 is 0 Å². The van der Waals surface area contributed by atoms with E-state index in [1.165, 1.54) is 36.4 Å². The quantitative estimate of drug-likeness (QED) is 0.271. The van der Waals surface area contributed by atoms with Crippen LogP contribution in [0.3, 0.4) is 0 Å². The number of nitrogens with one attached hydrogen (secondary N) is 1. The molecule has 0 aliphatic rings. The minimum atomic E-state index is -4.47. The van der Waals surface area contributed by atoms with Crippen LogP contribution in [0.5, 0.6) is 5.75 Å². The van der Waals surface area contributed by atoms with Crippen molar-refractivity contribution in [3.63, 3.8) is 0 Å². The number of ether oxygens (including phenoxy) is 1. The van der Waals surface area contributed by atoms with Crippen LogP contribution in [0.1, 0.15) is 18.3 Å². The molecule has 3 rings (SSSR count). The van der Waals surface area contributed by atoms with Crippen LogP contribution in [0.15, 0.2) is 53.7 Å². The van der Waals surface area contributed by atoms with Gasteiger partial charge in [-0.05, 0) is 37.3 Å². The fourth-order valence-electron chi connectivity index (χ4n) is 2.75. The van der Waals surface area contributed by atoms with Gasteiger partial charge in [0.15, 0.2) is 11.0 Å². The van der Waals surface area contributed by atoms with Crippen molar-refractivity contribution >= 4 is 29.0 Å². The van der Waals surface area contributed by atoms with Crippen LogP contribution < -0.4 is 10.1 Å². The standard InChI is InChI=1S/C20H18F3N5O4S/c1-2-27-17(11-32-16-5-3-4-13(10-16)20(21,22)23)25-26-19(27)33-12-18(29)24-14-6-8-15(9-7-14)28(30)31/h3-10H,2,11-12H2,1H3,(H,24,29). The Morgan fingerprint density at radius 3 is 2.58 bits per heavy atom. The van der Waals surface area contributed by atoms with Gasteiger partial charge < -0.3 is 14.6 Å². The van der Waals surface area contributed by atoms with Gasteiger partial charge in [-0.3, -0.25) is 14.9 Å². The van der Waals surface area contributed by atoms with Gasteiger partial charge in [0, 0.05) is 24.4 Å². The maximum Gasteiger partial charge on any atom is 0.416 e. The predicted molar refractivity (Wildman–Crippen MR) is 114 cm³/mol. The summed E-state index contributed by atoms with van der Waals surface area (Å²) in [7, 11) is 0. The van der Waals surface area contributed by atoms with Crippen molar-refractivity contribution in [2.75, 3.05) is 11.1 Å². The smallest absolute Gasteiger partial charge is 0.416 e. The number of non-ortho nitro benzene ring substituents is 1. The molecule has 0 bridgehead atoms. The van der Waals surface area contributed by atoms with Crippen LogP contribution in [0.2, 0.25) is 0 Å². The number of rotatable bonds is 9. The second kappa shape index (κ2) is 10.3. The van der Waals surface area contributed by atoms with Gasteiger partial charge in [0.2, 0.25) is 5.91 Å². The molecule has 2 aromatic carbocycles. The number of nitro groups is 1. The number of carbonyl (C=O) groups excluding carboxylic acids is 1. The van der Waals surface area contributed by atoms with Crippen LogP contribution in [0, 0.1) is 10.1 Å². The van der Waals surface area contributed by atoms with Gasteiger partial charge in [-0.1, -0.05) is 17.8 Å². The summed E-state index contributed by atoms with van der Waals surface area (Å²) < 4.78 is 45.7. The number of aromatic nitrogens is 3. The number of nitro benzene ring substituents is 1. The molecular weight excluding hydrogens is 463 g/mol. The maximum atomic E-state index is 12.8. The van der Waals surface area contributed by atoms with Gasteiger partial charge in [-0.25, -0.2) is 0 Å². The number of carbonyl (C=O) groups is 1. The van der Waals surface area contributed by atoms with Crippen LogP contribution in [-0.4, -0.2) is 31.3 Å². The highest BCUT2D eigenvalue weighted by Gasteiger charge is 2.30. The Labute approximate surface area is 190 Å². The monoisotopic (exact) mass is 481 g/mol. The number of alkyl halides is 3. The molecular formula is C20H18F3N5O4S. The fraction of sp³-hybridized carbons (Fsp3) is 0.250. The van der Waals surface area contributed by atoms with Gasteiger partial charge in [0.05, 0.1) is 16.2 Å². The molecule has 9 nitrogen and oxygen atoms in total. The number of anilines is 1. The molecule has 0 aliphatic carbocycles. The highest BCUT2D eigenvalue weighted by Crippen LogP contribution is 2.31. The topological polar surface area (TPSA) is 112 Å². The van der Waals surface area contributed by atoms with E-state index in [0.717, 1.165) is 23.9 Å². The third kappa shape index (κ3) is 6.44. The van der Waals surface area contributed by atoms with Gasteiger partial charge >= 0.3 is 6.18 Å². The molecule has 13 heteroatoms. The van der Waals surface area contributed by atoms with Crippen molar-refractivity contribution in [3.05, 3.63) is 70.0 Å². The molecule has 174 valence electrons. The Hall–Kier alpha value is -3.61. The third-order valence-electron chi connectivity index (χ3n) is 4.33. The summed E-state index contributed by atoms with van der Waals surface area (Å²) in [6, 6.07) is 9.97. The molecule has 1 heterocycles. The number of hydrogen-bond donors (Lipinski definition) is 1. The number of hydrogen-bond acceptors (Lipinski definition) is 7. The van der Waals surface area contributed by atoms with Crippen LogP contribution in [0.25, 0.3) is 0 Å². The van der Waals surface area contributed by atoms with Crippen molar-refractivity contribution in [3.8, 4) is 5.75 Å². The molecule has 33 heavy (non-hydrogen) atoms. The van der Waals surface area contributed by atoms with Gasteiger partial charge in [-0.2, -0.15) is 13.2 Å². The number of halogens is 3. The van der Waals surface area contributed by atoms with Gasteiger partial charge in [-0.15, -0.1) is 10.2 Å². The lowest BCUT2D eigenvalue weighted by Crippen LogP contribution is -2.15. The molecule has 0 aliphatic heterocycles. The first-order chi connectivity index (χ1) is 15.7. The SMILES string of the molecule is CCn1c(COc2cccc(C(F)(F)F)c2)nnc1SCC(=O)Nc1ccc([N+](=O)[O-])cc1. The molecule has 0 fully saturated rings. The summed E-state index contributed by atoms with van der Waals surface area (Å²) in [5, 5.41) is 21.8. The Kier molecular flexibility index (Phi) is 7.53. The minimum absolute atomic E-state index is 0.00358. The Balaban J connectivity index is 1.58. The van der Waals surface area contributed by atoms with E-state index in [9.17, 15) is 28.1 Å². The summed E-state index contributed by atoms with van der Waals surface area (Å²) in [6.45, 7) is 2.19. The molecule has 1 aromatic heterocycles. The van der Waals surface area contributed by atoms with Crippen molar-refractivity contribution in [2.45, 2.75) is 31.4 Å². The van der Waals surface area contributed by atoms with Gasteiger partial charge in [0.1, 0.15) is 12.4 Å². The Morgan fingerprint density at radius 1 is 1.21 bits per heavy atom. The largest absolute Gasteiger partial charge is 0.486 e. The number of amides is 1. The first-order valence-electron chi connectivity index (χ1n) is 9.56. The summed E-state index contributed by atoms with van der Waals surface area (Å²) in [5.74, 6) is 0.102. The predicted octanol–water partition coefficient (Wildman–Crippen LogP) is 4.53. The average Bonchev–Trinajstić information content (AvgIpc) is 3.18.